The minimum atomic E-state index is -4.68. The molecule has 2 aromatic carbocycles. The van der Waals surface area contributed by atoms with Gasteiger partial charge in [-0.3, -0.25) is 14.5 Å². The number of carbonyl (C=O) groups excluding carboxylic acids is 1. The van der Waals surface area contributed by atoms with Crippen LogP contribution in [0.15, 0.2) is 59.6 Å². The van der Waals surface area contributed by atoms with E-state index in [1.165, 1.54) is 12.3 Å². The van der Waals surface area contributed by atoms with Gasteiger partial charge in [-0.05, 0) is 73.6 Å². The number of halogens is 6. The number of alkyl halides is 3. The van der Waals surface area contributed by atoms with Crippen LogP contribution in [0, 0.1) is 17.5 Å². The fraction of sp³-hybridized carbons (Fsp3) is 0.323. The van der Waals surface area contributed by atoms with Gasteiger partial charge in [-0.1, -0.05) is 12.1 Å². The molecule has 2 heterocycles. The molecule has 1 aliphatic rings. The van der Waals surface area contributed by atoms with Crippen molar-refractivity contribution in [2.45, 2.75) is 62.1 Å². The summed E-state index contributed by atoms with van der Waals surface area (Å²) in [4.78, 5) is 17.4. The van der Waals surface area contributed by atoms with Crippen molar-refractivity contribution in [1.29, 1.82) is 0 Å². The molecule has 44 heavy (non-hydrogen) atoms. The van der Waals surface area contributed by atoms with E-state index in [0.29, 0.717) is 36.6 Å². The number of pyridine rings is 1. The highest BCUT2D eigenvalue weighted by molar-refractivity contribution is 7.90. The summed E-state index contributed by atoms with van der Waals surface area (Å²) in [5, 5.41) is 3.76. The Labute approximate surface area is 249 Å². The number of hydrogen-bond donors (Lipinski definition) is 0. The quantitative estimate of drug-likeness (QED) is 0.193. The van der Waals surface area contributed by atoms with E-state index >= 15 is 0 Å². The SMILES string of the molecule is CS(=O)(=O)c1cc(-c2cccnc2[C@@H](CC(=O)Cn2nc(C(F)(F)F)c3c2CCCC3)Cc2cc(F)cc(F)c2)ccc1F. The molecule has 2 aromatic heterocycles. The molecule has 4 aromatic rings. The fourth-order valence-corrected chi connectivity index (χ4v) is 6.52. The monoisotopic (exact) mass is 635 g/mol. The average Bonchev–Trinajstić information content (AvgIpc) is 3.31. The minimum Gasteiger partial charge on any atom is -0.298 e. The molecule has 0 spiro atoms. The highest BCUT2D eigenvalue weighted by Crippen LogP contribution is 2.37. The Balaban J connectivity index is 1.54. The van der Waals surface area contributed by atoms with Gasteiger partial charge in [0.25, 0.3) is 0 Å². The number of aromatic nitrogens is 3. The van der Waals surface area contributed by atoms with Gasteiger partial charge in [-0.25, -0.2) is 21.6 Å². The molecule has 13 heteroatoms. The van der Waals surface area contributed by atoms with Gasteiger partial charge in [0.05, 0.1) is 12.2 Å². The minimum absolute atomic E-state index is 0.0877. The Hall–Kier alpha value is -4.00. The second-order valence-electron chi connectivity index (χ2n) is 10.9. The molecule has 1 atom stereocenters. The number of sulfone groups is 1. The lowest BCUT2D eigenvalue weighted by Gasteiger charge is -2.20. The van der Waals surface area contributed by atoms with E-state index in [1.54, 1.807) is 12.1 Å². The van der Waals surface area contributed by atoms with E-state index in [9.17, 15) is 39.6 Å². The van der Waals surface area contributed by atoms with Crippen LogP contribution in [0.3, 0.4) is 0 Å². The van der Waals surface area contributed by atoms with Crippen LogP contribution in [0.1, 0.15) is 53.4 Å². The smallest absolute Gasteiger partial charge is 0.298 e. The van der Waals surface area contributed by atoms with Crippen LogP contribution in [0.5, 0.6) is 0 Å². The predicted molar refractivity (Wildman–Crippen MR) is 149 cm³/mol. The van der Waals surface area contributed by atoms with Crippen LogP contribution >= 0.6 is 0 Å². The third-order valence-electron chi connectivity index (χ3n) is 7.60. The van der Waals surface area contributed by atoms with Crippen LogP contribution in [-0.4, -0.2) is 35.2 Å². The zero-order valence-electron chi connectivity index (χ0n) is 23.5. The number of nitrogens with zero attached hydrogens (tertiary/aromatic N) is 3. The molecule has 1 aliphatic carbocycles. The molecule has 0 unspecified atom stereocenters. The van der Waals surface area contributed by atoms with E-state index in [4.69, 9.17) is 0 Å². The van der Waals surface area contributed by atoms with Crippen molar-refractivity contribution in [2.24, 2.45) is 0 Å². The van der Waals surface area contributed by atoms with Gasteiger partial charge in [0.1, 0.15) is 22.3 Å². The summed E-state index contributed by atoms with van der Waals surface area (Å²) < 4.78 is 109. The first-order valence-electron chi connectivity index (χ1n) is 13.8. The maximum atomic E-state index is 14.4. The van der Waals surface area contributed by atoms with Crippen LogP contribution in [0.4, 0.5) is 26.3 Å². The molecular weight excluding hydrogens is 608 g/mol. The van der Waals surface area contributed by atoms with E-state index in [0.717, 1.165) is 35.2 Å². The third kappa shape index (κ3) is 6.87. The standard InChI is InChI=1S/C31H27F6N3O3S/c1-44(42,43)28-15-19(8-9-26(28)34)24-6-4-10-38-29(24)20(11-18-12-21(32)16-22(33)13-18)14-23(41)17-40-27-7-3-2-5-25(27)30(39-40)31(35,36)37/h4,6,8-10,12-13,15-16,20H,2-3,5,7,11,14,17H2,1H3/t20-/m1/s1. The molecule has 0 fully saturated rings. The molecule has 232 valence electrons. The molecule has 0 bridgehead atoms. The van der Waals surface area contributed by atoms with Crippen molar-refractivity contribution in [3.63, 3.8) is 0 Å². The molecule has 0 saturated heterocycles. The average molecular weight is 636 g/mol. The number of benzene rings is 2. The second-order valence-corrected chi connectivity index (χ2v) is 12.9. The summed E-state index contributed by atoms with van der Waals surface area (Å²) in [5.41, 5.74) is 0.527. The van der Waals surface area contributed by atoms with Crippen LogP contribution in [0.25, 0.3) is 11.1 Å². The van der Waals surface area contributed by atoms with Crippen molar-refractivity contribution < 1.29 is 39.6 Å². The zero-order valence-corrected chi connectivity index (χ0v) is 24.3. The normalized spacial score (nSPS) is 14.3. The molecule has 0 saturated carbocycles. The number of hydrogen-bond acceptors (Lipinski definition) is 5. The number of carbonyl (C=O) groups is 1. The van der Waals surface area contributed by atoms with E-state index < -0.39 is 62.3 Å². The van der Waals surface area contributed by atoms with Crippen molar-refractivity contribution in [3.05, 3.63) is 100 Å². The predicted octanol–water partition coefficient (Wildman–Crippen LogP) is 6.65. The van der Waals surface area contributed by atoms with Crippen LogP contribution in [-0.2, 0) is 46.6 Å². The van der Waals surface area contributed by atoms with Crippen molar-refractivity contribution in [1.82, 2.24) is 14.8 Å². The molecular formula is C31H27F6N3O3S. The fourth-order valence-electron chi connectivity index (χ4n) is 5.76. The number of fused-ring (bicyclic) bond motifs is 1. The summed E-state index contributed by atoms with van der Waals surface area (Å²) >= 11 is 0. The lowest BCUT2D eigenvalue weighted by molar-refractivity contribution is -0.142. The first-order chi connectivity index (χ1) is 20.7. The summed E-state index contributed by atoms with van der Waals surface area (Å²) in [5.74, 6) is -3.98. The summed E-state index contributed by atoms with van der Waals surface area (Å²) in [7, 11) is -3.95. The van der Waals surface area contributed by atoms with Gasteiger partial charge >= 0.3 is 6.18 Å². The Bertz CT molecular complexity index is 1820. The summed E-state index contributed by atoms with van der Waals surface area (Å²) in [6.07, 6.45) is -1.00. The molecule has 0 amide bonds. The Morgan fingerprint density at radius 1 is 1.00 bits per heavy atom. The van der Waals surface area contributed by atoms with E-state index in [-0.39, 0.29) is 41.6 Å². The van der Waals surface area contributed by atoms with Gasteiger partial charge in [0.2, 0.25) is 0 Å². The van der Waals surface area contributed by atoms with E-state index in [1.807, 2.05) is 0 Å². The first-order valence-corrected chi connectivity index (χ1v) is 15.7. The van der Waals surface area contributed by atoms with Crippen molar-refractivity contribution >= 4 is 15.6 Å². The number of rotatable bonds is 9. The molecule has 0 radical (unpaired) electrons. The highest BCUT2D eigenvalue weighted by atomic mass is 32.2. The maximum absolute atomic E-state index is 14.4. The summed E-state index contributed by atoms with van der Waals surface area (Å²) in [6, 6.07) is 9.51. The van der Waals surface area contributed by atoms with Gasteiger partial charge in [-0.15, -0.1) is 0 Å². The second kappa shape index (κ2) is 12.2. The Morgan fingerprint density at radius 2 is 1.70 bits per heavy atom. The lowest BCUT2D eigenvalue weighted by atomic mass is 9.86. The van der Waals surface area contributed by atoms with Gasteiger partial charge in [0.15, 0.2) is 21.3 Å². The highest BCUT2D eigenvalue weighted by Gasteiger charge is 2.39. The largest absolute Gasteiger partial charge is 0.435 e. The van der Waals surface area contributed by atoms with Crippen LogP contribution in [0.2, 0.25) is 0 Å². The topological polar surface area (TPSA) is 81.9 Å². The summed E-state index contributed by atoms with van der Waals surface area (Å²) in [6.45, 7) is -0.455. The van der Waals surface area contributed by atoms with Crippen molar-refractivity contribution in [2.75, 3.05) is 6.26 Å². The Morgan fingerprint density at radius 3 is 2.39 bits per heavy atom. The van der Waals surface area contributed by atoms with Gasteiger partial charge in [0, 0.05) is 47.7 Å². The molecule has 0 aliphatic heterocycles. The molecule has 6 nitrogen and oxygen atoms in total. The number of ketones is 1. The van der Waals surface area contributed by atoms with Crippen LogP contribution < -0.4 is 0 Å². The maximum Gasteiger partial charge on any atom is 0.435 e. The number of Topliss-reactive ketones (excluding diaryl/α,β-unsaturated/α-hetero) is 1. The molecule has 5 rings (SSSR count). The van der Waals surface area contributed by atoms with Gasteiger partial charge < -0.3 is 0 Å². The lowest BCUT2D eigenvalue weighted by Crippen LogP contribution is -2.19. The molecule has 0 N–H and O–H groups in total. The first kappa shape index (κ1) is 31.4. The Kier molecular flexibility index (Phi) is 8.70. The third-order valence-corrected chi connectivity index (χ3v) is 8.71. The van der Waals surface area contributed by atoms with E-state index in [2.05, 4.69) is 10.1 Å². The zero-order chi connectivity index (χ0) is 31.8. The van der Waals surface area contributed by atoms with Gasteiger partial charge in [-0.2, -0.15) is 18.3 Å². The van der Waals surface area contributed by atoms with Crippen molar-refractivity contribution in [3.8, 4) is 11.1 Å².